The fourth-order valence-corrected chi connectivity index (χ4v) is 2.21. The smallest absolute Gasteiger partial charge is 0.236 e. The van der Waals surface area contributed by atoms with E-state index in [0.29, 0.717) is 6.04 Å². The van der Waals surface area contributed by atoms with Gasteiger partial charge in [0.1, 0.15) is 0 Å². The van der Waals surface area contributed by atoms with E-state index in [9.17, 15) is 4.79 Å². The average Bonchev–Trinajstić information content (AvgIpc) is 2.93. The summed E-state index contributed by atoms with van der Waals surface area (Å²) in [6.07, 6.45) is 3.77. The van der Waals surface area contributed by atoms with Crippen molar-refractivity contribution in [1.82, 2.24) is 9.80 Å². The van der Waals surface area contributed by atoms with Crippen molar-refractivity contribution in [2.24, 2.45) is 5.73 Å². The Kier molecular flexibility index (Phi) is 2.74. The van der Waals surface area contributed by atoms with Crippen LogP contribution in [-0.2, 0) is 4.79 Å². The number of likely N-dealkylation sites (tertiary alicyclic amines) is 1. The van der Waals surface area contributed by atoms with Crippen molar-refractivity contribution in [2.45, 2.75) is 31.3 Å². The summed E-state index contributed by atoms with van der Waals surface area (Å²) in [5.74, 6) is 0.0942. The van der Waals surface area contributed by atoms with Crippen LogP contribution in [0.5, 0.6) is 0 Å². The van der Waals surface area contributed by atoms with Gasteiger partial charge in [0.05, 0.1) is 6.54 Å². The number of likely N-dealkylation sites (N-methyl/N-ethyl adjacent to an activating group) is 1. The Labute approximate surface area is 85.0 Å². The van der Waals surface area contributed by atoms with Crippen molar-refractivity contribution in [1.29, 1.82) is 0 Å². The predicted molar refractivity (Wildman–Crippen MR) is 54.8 cm³/mol. The molecule has 1 aliphatic carbocycles. The van der Waals surface area contributed by atoms with Crippen LogP contribution in [0.1, 0.15) is 19.3 Å². The summed E-state index contributed by atoms with van der Waals surface area (Å²) in [7, 11) is 2.18. The minimum Gasteiger partial charge on any atom is -0.340 e. The second-order valence-electron chi connectivity index (χ2n) is 4.38. The summed E-state index contributed by atoms with van der Waals surface area (Å²) in [4.78, 5) is 15.7. The van der Waals surface area contributed by atoms with Crippen LogP contribution in [0.2, 0.25) is 0 Å². The third-order valence-electron chi connectivity index (χ3n) is 3.39. The highest BCUT2D eigenvalue weighted by molar-refractivity contribution is 5.78. The molecule has 1 aliphatic heterocycles. The molecule has 0 unspecified atom stereocenters. The van der Waals surface area contributed by atoms with Gasteiger partial charge in [-0.1, -0.05) is 0 Å². The molecule has 14 heavy (non-hydrogen) atoms. The van der Waals surface area contributed by atoms with Gasteiger partial charge in [-0.2, -0.15) is 0 Å². The average molecular weight is 197 g/mol. The van der Waals surface area contributed by atoms with E-state index in [1.165, 1.54) is 12.8 Å². The summed E-state index contributed by atoms with van der Waals surface area (Å²) in [6.45, 7) is 1.92. The zero-order valence-corrected chi connectivity index (χ0v) is 8.78. The third kappa shape index (κ3) is 1.91. The van der Waals surface area contributed by atoms with E-state index in [2.05, 4.69) is 11.9 Å². The van der Waals surface area contributed by atoms with Crippen molar-refractivity contribution in [3.63, 3.8) is 0 Å². The number of hydrogen-bond acceptors (Lipinski definition) is 3. The first kappa shape index (κ1) is 9.93. The second-order valence-corrected chi connectivity index (χ2v) is 4.38. The van der Waals surface area contributed by atoms with Gasteiger partial charge in [-0.25, -0.2) is 0 Å². The highest BCUT2D eigenvalue weighted by Gasteiger charge is 2.35. The van der Waals surface area contributed by atoms with E-state index in [0.717, 1.165) is 25.6 Å². The van der Waals surface area contributed by atoms with E-state index in [1.54, 1.807) is 0 Å². The Hall–Kier alpha value is -0.610. The first-order valence-corrected chi connectivity index (χ1v) is 5.42. The summed E-state index contributed by atoms with van der Waals surface area (Å²) >= 11 is 0. The number of carbonyl (C=O) groups is 1. The van der Waals surface area contributed by atoms with E-state index < -0.39 is 0 Å². The molecule has 2 rings (SSSR count). The lowest BCUT2D eigenvalue weighted by atomic mass is 10.2. The molecule has 80 valence electrons. The van der Waals surface area contributed by atoms with Gasteiger partial charge in [-0.05, 0) is 26.3 Å². The molecule has 0 aromatic rings. The minimum atomic E-state index is 0.0942. The van der Waals surface area contributed by atoms with Crippen molar-refractivity contribution in [3.05, 3.63) is 0 Å². The zero-order chi connectivity index (χ0) is 10.1. The quantitative estimate of drug-likeness (QED) is 0.672. The molecule has 4 nitrogen and oxygen atoms in total. The molecule has 0 aromatic heterocycles. The molecule has 2 aliphatic rings. The zero-order valence-electron chi connectivity index (χ0n) is 8.78. The maximum absolute atomic E-state index is 11.4. The van der Waals surface area contributed by atoms with Gasteiger partial charge in [0, 0.05) is 25.2 Å². The molecule has 2 fully saturated rings. The van der Waals surface area contributed by atoms with Crippen LogP contribution in [0.3, 0.4) is 0 Å². The largest absolute Gasteiger partial charge is 0.340 e. The number of carbonyl (C=O) groups excluding carboxylic acids is 1. The van der Waals surface area contributed by atoms with Crippen molar-refractivity contribution in [3.8, 4) is 0 Å². The summed E-state index contributed by atoms with van der Waals surface area (Å²) in [5, 5.41) is 0. The van der Waals surface area contributed by atoms with Crippen LogP contribution >= 0.6 is 0 Å². The highest BCUT2D eigenvalue weighted by Crippen LogP contribution is 2.29. The number of nitrogens with two attached hydrogens (primary N) is 1. The number of hydrogen-bond donors (Lipinski definition) is 1. The first-order valence-electron chi connectivity index (χ1n) is 5.42. The van der Waals surface area contributed by atoms with Gasteiger partial charge in [-0.3, -0.25) is 9.69 Å². The van der Waals surface area contributed by atoms with Gasteiger partial charge >= 0.3 is 0 Å². The minimum absolute atomic E-state index is 0.0942. The number of nitrogens with zero attached hydrogens (tertiary/aromatic N) is 2. The normalized spacial score (nSPS) is 27.4. The standard InChI is InChI=1S/C10H19N3O/c1-12(8-2-3-8)9-4-5-13(7-9)10(14)6-11/h8-9H,2-7,11H2,1H3/t9-/m0/s1. The van der Waals surface area contributed by atoms with Crippen LogP contribution in [0.15, 0.2) is 0 Å². The molecular weight excluding hydrogens is 178 g/mol. The number of amides is 1. The monoisotopic (exact) mass is 197 g/mol. The van der Waals surface area contributed by atoms with Gasteiger partial charge in [0.25, 0.3) is 0 Å². The fraction of sp³-hybridized carbons (Fsp3) is 0.900. The molecule has 0 spiro atoms. The molecule has 1 amide bonds. The van der Waals surface area contributed by atoms with E-state index in [-0.39, 0.29) is 12.5 Å². The molecule has 1 atom stereocenters. The van der Waals surface area contributed by atoms with Crippen LogP contribution < -0.4 is 5.73 Å². The third-order valence-corrected chi connectivity index (χ3v) is 3.39. The summed E-state index contributed by atoms with van der Waals surface area (Å²) in [6, 6.07) is 1.35. The van der Waals surface area contributed by atoms with Gasteiger partial charge in [-0.15, -0.1) is 0 Å². The lowest BCUT2D eigenvalue weighted by Crippen LogP contribution is -2.39. The molecule has 0 bridgehead atoms. The lowest BCUT2D eigenvalue weighted by Gasteiger charge is -2.24. The van der Waals surface area contributed by atoms with E-state index in [4.69, 9.17) is 5.73 Å². The Morgan fingerprint density at radius 3 is 2.71 bits per heavy atom. The molecular formula is C10H19N3O. The Balaban J connectivity index is 1.84. The van der Waals surface area contributed by atoms with E-state index >= 15 is 0 Å². The predicted octanol–water partition coefficient (Wildman–Crippen LogP) is -0.360. The molecule has 1 heterocycles. The van der Waals surface area contributed by atoms with Crippen LogP contribution in [0, 0.1) is 0 Å². The fourth-order valence-electron chi connectivity index (χ4n) is 2.21. The van der Waals surface area contributed by atoms with Gasteiger partial charge in [0.2, 0.25) is 5.91 Å². The maximum Gasteiger partial charge on any atom is 0.236 e. The summed E-state index contributed by atoms with van der Waals surface area (Å²) in [5.41, 5.74) is 5.34. The maximum atomic E-state index is 11.4. The second kappa shape index (κ2) is 3.87. The molecule has 4 heteroatoms. The Bertz CT molecular complexity index is 227. The first-order chi connectivity index (χ1) is 6.72. The van der Waals surface area contributed by atoms with Crippen molar-refractivity contribution >= 4 is 5.91 Å². The van der Waals surface area contributed by atoms with E-state index in [1.807, 2.05) is 4.90 Å². The highest BCUT2D eigenvalue weighted by atomic mass is 16.2. The molecule has 2 N–H and O–H groups in total. The molecule has 1 saturated carbocycles. The molecule has 0 aromatic carbocycles. The molecule has 1 saturated heterocycles. The van der Waals surface area contributed by atoms with Crippen molar-refractivity contribution < 1.29 is 4.79 Å². The van der Waals surface area contributed by atoms with Gasteiger partial charge < -0.3 is 10.6 Å². The topological polar surface area (TPSA) is 49.6 Å². The van der Waals surface area contributed by atoms with Gasteiger partial charge in [0.15, 0.2) is 0 Å². The van der Waals surface area contributed by atoms with Crippen LogP contribution in [0.25, 0.3) is 0 Å². The van der Waals surface area contributed by atoms with Crippen LogP contribution in [-0.4, -0.2) is 54.5 Å². The lowest BCUT2D eigenvalue weighted by molar-refractivity contribution is -0.128. The number of rotatable bonds is 3. The Morgan fingerprint density at radius 1 is 1.43 bits per heavy atom. The Morgan fingerprint density at radius 2 is 2.14 bits per heavy atom. The summed E-state index contributed by atoms with van der Waals surface area (Å²) < 4.78 is 0. The van der Waals surface area contributed by atoms with Crippen LogP contribution in [0.4, 0.5) is 0 Å². The van der Waals surface area contributed by atoms with Crippen molar-refractivity contribution in [2.75, 3.05) is 26.7 Å². The molecule has 0 radical (unpaired) electrons. The SMILES string of the molecule is CN(C1CC1)[C@H]1CCN(C(=O)CN)C1.